The number of nitrogens with two attached hydrogens (primary N) is 1. The van der Waals surface area contributed by atoms with E-state index in [0.717, 1.165) is 11.1 Å². The second-order valence-electron chi connectivity index (χ2n) is 7.61. The summed E-state index contributed by atoms with van der Waals surface area (Å²) in [6.45, 7) is 5.78. The van der Waals surface area contributed by atoms with Gasteiger partial charge in [0.05, 0.1) is 4.90 Å². The maximum absolute atomic E-state index is 12.6. The summed E-state index contributed by atoms with van der Waals surface area (Å²) in [4.78, 5) is 24.9. The number of esters is 1. The lowest BCUT2D eigenvalue weighted by Crippen LogP contribution is -2.37. The van der Waals surface area contributed by atoms with Crippen molar-refractivity contribution in [2.75, 3.05) is 6.54 Å². The predicted octanol–water partition coefficient (Wildman–Crippen LogP) is 2.12. The molecule has 1 aliphatic rings. The number of sulfonamides is 1. The van der Waals surface area contributed by atoms with Crippen LogP contribution >= 0.6 is 0 Å². The standard InChI is InChI=1S/C22H26N2O6S/c1-13-14(2)29-20-18(13)5-4-6-19(20)22(26)30-15(3)21(25)24-12-11-16-7-9-17(10-8-16)31(23,27)28/h4-10,13-15H,11-12H2,1-3H3,(H,24,25)(H2,23,27,28)/t13-,14+,15+/m1/s1. The fourth-order valence-electron chi connectivity index (χ4n) is 3.34. The van der Waals surface area contributed by atoms with Crippen molar-refractivity contribution < 1.29 is 27.5 Å². The Morgan fingerprint density at radius 3 is 2.48 bits per heavy atom. The number of nitrogens with one attached hydrogen (secondary N) is 1. The van der Waals surface area contributed by atoms with Gasteiger partial charge in [-0.05, 0) is 44.0 Å². The van der Waals surface area contributed by atoms with Crippen molar-refractivity contribution in [3.8, 4) is 5.75 Å². The van der Waals surface area contributed by atoms with Gasteiger partial charge in [0.15, 0.2) is 6.10 Å². The van der Waals surface area contributed by atoms with Gasteiger partial charge < -0.3 is 14.8 Å². The van der Waals surface area contributed by atoms with E-state index in [4.69, 9.17) is 14.6 Å². The van der Waals surface area contributed by atoms with Crippen molar-refractivity contribution in [3.05, 3.63) is 59.2 Å². The first kappa shape index (κ1) is 22.8. The average Bonchev–Trinajstić information content (AvgIpc) is 3.01. The van der Waals surface area contributed by atoms with Crippen molar-refractivity contribution in [1.29, 1.82) is 0 Å². The highest BCUT2D eigenvalue weighted by Crippen LogP contribution is 2.40. The van der Waals surface area contributed by atoms with Crippen LogP contribution in [0.4, 0.5) is 0 Å². The minimum Gasteiger partial charge on any atom is -0.489 e. The Morgan fingerprint density at radius 2 is 1.84 bits per heavy atom. The summed E-state index contributed by atoms with van der Waals surface area (Å²) >= 11 is 0. The van der Waals surface area contributed by atoms with E-state index in [0.29, 0.717) is 24.3 Å². The summed E-state index contributed by atoms with van der Waals surface area (Å²) in [5.41, 5.74) is 2.09. The third-order valence-corrected chi connectivity index (χ3v) is 6.31. The Hall–Kier alpha value is -2.91. The van der Waals surface area contributed by atoms with Crippen LogP contribution in [0.5, 0.6) is 5.75 Å². The third-order valence-electron chi connectivity index (χ3n) is 5.38. The fourth-order valence-corrected chi connectivity index (χ4v) is 3.86. The molecule has 0 fully saturated rings. The van der Waals surface area contributed by atoms with Crippen molar-refractivity contribution in [2.24, 2.45) is 5.14 Å². The Balaban J connectivity index is 1.53. The molecule has 0 saturated heterocycles. The summed E-state index contributed by atoms with van der Waals surface area (Å²) in [6.07, 6.45) is -0.541. The molecule has 0 spiro atoms. The summed E-state index contributed by atoms with van der Waals surface area (Å²) < 4.78 is 33.7. The quantitative estimate of drug-likeness (QED) is 0.628. The largest absolute Gasteiger partial charge is 0.489 e. The zero-order valence-corrected chi connectivity index (χ0v) is 18.4. The molecule has 0 aliphatic carbocycles. The number of ether oxygens (including phenoxy) is 2. The van der Waals surface area contributed by atoms with Gasteiger partial charge in [-0.1, -0.05) is 31.2 Å². The summed E-state index contributed by atoms with van der Waals surface area (Å²) in [5.74, 6) is -0.352. The van der Waals surface area contributed by atoms with Crippen LogP contribution in [0.25, 0.3) is 0 Å². The van der Waals surface area contributed by atoms with Gasteiger partial charge in [-0.2, -0.15) is 0 Å². The van der Waals surface area contributed by atoms with Gasteiger partial charge in [-0.3, -0.25) is 4.79 Å². The first-order valence-electron chi connectivity index (χ1n) is 9.98. The molecule has 2 aromatic rings. The Morgan fingerprint density at radius 1 is 1.16 bits per heavy atom. The number of rotatable bonds is 7. The van der Waals surface area contributed by atoms with Crippen LogP contribution in [0.1, 0.15) is 48.2 Å². The molecule has 0 aromatic heterocycles. The first-order chi connectivity index (χ1) is 14.6. The van der Waals surface area contributed by atoms with Crippen molar-refractivity contribution in [2.45, 2.75) is 50.2 Å². The molecule has 31 heavy (non-hydrogen) atoms. The minimum absolute atomic E-state index is 0.0287. The second kappa shape index (κ2) is 9.07. The number of hydrogen-bond donors (Lipinski definition) is 2. The molecule has 1 aliphatic heterocycles. The maximum atomic E-state index is 12.6. The van der Waals surface area contributed by atoms with Gasteiger partial charge in [-0.15, -0.1) is 0 Å². The van der Waals surface area contributed by atoms with Crippen LogP contribution < -0.4 is 15.2 Å². The van der Waals surface area contributed by atoms with E-state index in [9.17, 15) is 18.0 Å². The molecular weight excluding hydrogens is 420 g/mol. The summed E-state index contributed by atoms with van der Waals surface area (Å²) in [6, 6.07) is 11.4. The molecule has 0 saturated carbocycles. The van der Waals surface area contributed by atoms with E-state index in [-0.39, 0.29) is 16.9 Å². The monoisotopic (exact) mass is 446 g/mol. The van der Waals surface area contributed by atoms with Gasteiger partial charge in [0.2, 0.25) is 10.0 Å². The Kier molecular flexibility index (Phi) is 6.66. The van der Waals surface area contributed by atoms with Crippen molar-refractivity contribution >= 4 is 21.9 Å². The smallest absolute Gasteiger partial charge is 0.342 e. The minimum atomic E-state index is -3.74. The van der Waals surface area contributed by atoms with Crippen LogP contribution in [0.2, 0.25) is 0 Å². The van der Waals surface area contributed by atoms with E-state index < -0.39 is 28.0 Å². The zero-order chi connectivity index (χ0) is 22.8. The van der Waals surface area contributed by atoms with Gasteiger partial charge in [0, 0.05) is 18.0 Å². The highest BCUT2D eigenvalue weighted by molar-refractivity contribution is 7.89. The lowest BCUT2D eigenvalue weighted by atomic mass is 9.97. The Labute approximate surface area is 181 Å². The molecule has 9 heteroatoms. The molecule has 166 valence electrons. The highest BCUT2D eigenvalue weighted by Gasteiger charge is 2.32. The van der Waals surface area contributed by atoms with E-state index >= 15 is 0 Å². The number of para-hydroxylation sites is 1. The Bertz CT molecular complexity index is 1080. The molecule has 3 N–H and O–H groups in total. The molecule has 2 aromatic carbocycles. The van der Waals surface area contributed by atoms with E-state index in [1.54, 1.807) is 24.3 Å². The molecule has 3 rings (SSSR count). The highest BCUT2D eigenvalue weighted by atomic mass is 32.2. The fraction of sp³-hybridized carbons (Fsp3) is 0.364. The normalized spacial score (nSPS) is 18.6. The van der Waals surface area contributed by atoms with Crippen LogP contribution in [0, 0.1) is 0 Å². The lowest BCUT2D eigenvalue weighted by molar-refractivity contribution is -0.129. The average molecular weight is 447 g/mol. The number of benzene rings is 2. The molecule has 1 heterocycles. The van der Waals surface area contributed by atoms with E-state index in [1.807, 2.05) is 19.9 Å². The lowest BCUT2D eigenvalue weighted by Gasteiger charge is -2.15. The molecule has 1 amide bonds. The number of fused-ring (bicyclic) bond motifs is 1. The molecule has 3 atom stereocenters. The van der Waals surface area contributed by atoms with Crippen molar-refractivity contribution in [3.63, 3.8) is 0 Å². The molecular formula is C22H26N2O6S. The third kappa shape index (κ3) is 5.23. The molecule has 0 radical (unpaired) electrons. The first-order valence-corrected chi connectivity index (χ1v) is 11.5. The topological polar surface area (TPSA) is 125 Å². The summed E-state index contributed by atoms with van der Waals surface area (Å²) in [5, 5.41) is 7.78. The summed E-state index contributed by atoms with van der Waals surface area (Å²) in [7, 11) is -3.74. The molecule has 0 bridgehead atoms. The van der Waals surface area contributed by atoms with Gasteiger partial charge in [0.25, 0.3) is 5.91 Å². The maximum Gasteiger partial charge on any atom is 0.342 e. The number of carbonyl (C=O) groups is 2. The number of hydrogen-bond acceptors (Lipinski definition) is 6. The number of primary sulfonamides is 1. The zero-order valence-electron chi connectivity index (χ0n) is 17.6. The van der Waals surface area contributed by atoms with E-state index in [1.165, 1.54) is 19.1 Å². The van der Waals surface area contributed by atoms with Crippen LogP contribution in [-0.2, 0) is 26.0 Å². The molecule has 0 unspecified atom stereocenters. The van der Waals surface area contributed by atoms with Gasteiger partial charge >= 0.3 is 5.97 Å². The van der Waals surface area contributed by atoms with Crippen LogP contribution in [0.15, 0.2) is 47.4 Å². The number of carbonyl (C=O) groups excluding carboxylic acids is 2. The van der Waals surface area contributed by atoms with Gasteiger partial charge in [0.1, 0.15) is 17.4 Å². The number of amides is 1. The van der Waals surface area contributed by atoms with E-state index in [2.05, 4.69) is 5.32 Å². The second-order valence-corrected chi connectivity index (χ2v) is 9.17. The van der Waals surface area contributed by atoms with Crippen molar-refractivity contribution in [1.82, 2.24) is 5.32 Å². The molecule has 8 nitrogen and oxygen atoms in total. The van der Waals surface area contributed by atoms with Gasteiger partial charge in [-0.25, -0.2) is 18.4 Å². The van der Waals surface area contributed by atoms with Crippen LogP contribution in [0.3, 0.4) is 0 Å². The SMILES string of the molecule is C[C@H](OC(=O)c1cccc2c1O[C@@H](C)[C@H]2C)C(=O)NCCc1ccc(S(N)(=O)=O)cc1. The predicted molar refractivity (Wildman–Crippen MR) is 114 cm³/mol. The van der Waals surface area contributed by atoms with Crippen LogP contribution in [-0.4, -0.2) is 39.0 Å².